The van der Waals surface area contributed by atoms with Crippen LogP contribution in [0.3, 0.4) is 0 Å². The van der Waals surface area contributed by atoms with E-state index in [4.69, 9.17) is 11.6 Å². The van der Waals surface area contributed by atoms with Gasteiger partial charge in [0, 0.05) is 36.8 Å². The molecule has 0 spiro atoms. The first-order valence-electron chi connectivity index (χ1n) is 9.76. The second kappa shape index (κ2) is 7.96. The van der Waals surface area contributed by atoms with Crippen LogP contribution < -0.4 is 15.5 Å². The van der Waals surface area contributed by atoms with Gasteiger partial charge in [-0.2, -0.15) is 5.10 Å². The molecule has 1 aromatic carbocycles. The number of fused-ring (bicyclic) bond motifs is 1. The summed E-state index contributed by atoms with van der Waals surface area (Å²) in [6, 6.07) is 3.84. The second-order valence-electron chi connectivity index (χ2n) is 8.13. The maximum Gasteiger partial charge on any atom is 0.257 e. The largest absolute Gasteiger partial charge is 0.367 e. The molecule has 0 unspecified atom stereocenters. The van der Waals surface area contributed by atoms with Crippen molar-refractivity contribution in [3.8, 4) is 0 Å². The summed E-state index contributed by atoms with van der Waals surface area (Å²) < 4.78 is 26.6. The molecule has 4 rings (SSSR count). The molecule has 3 heterocycles. The third-order valence-corrected chi connectivity index (χ3v) is 5.52. The molecule has 1 aliphatic rings. The molecule has 0 amide bonds. The lowest BCUT2D eigenvalue weighted by atomic mass is 10.0. The van der Waals surface area contributed by atoms with Gasteiger partial charge in [-0.05, 0) is 32.9 Å². The molecule has 30 heavy (non-hydrogen) atoms. The molecule has 10 heteroatoms. The number of benzene rings is 1. The van der Waals surface area contributed by atoms with Gasteiger partial charge < -0.3 is 15.5 Å². The van der Waals surface area contributed by atoms with Crippen molar-refractivity contribution >= 4 is 39.8 Å². The highest BCUT2D eigenvalue weighted by Crippen LogP contribution is 2.32. The van der Waals surface area contributed by atoms with E-state index >= 15 is 0 Å². The SMILES string of the molecule is Cc1c(Nc2ncc3cc(Cl)c(N4CCNC(C)(C)C4)cc3n2)cnn1CC(F)F. The Labute approximate surface area is 178 Å². The van der Waals surface area contributed by atoms with Crippen molar-refractivity contribution in [2.75, 3.05) is 29.9 Å². The maximum atomic E-state index is 12.7. The first-order chi connectivity index (χ1) is 14.2. The molecule has 2 aromatic heterocycles. The Morgan fingerprint density at radius 1 is 1.30 bits per heavy atom. The van der Waals surface area contributed by atoms with E-state index < -0.39 is 13.0 Å². The molecule has 0 saturated carbocycles. The van der Waals surface area contributed by atoms with Crippen molar-refractivity contribution in [1.29, 1.82) is 0 Å². The summed E-state index contributed by atoms with van der Waals surface area (Å²) in [5, 5.41) is 12.1. The zero-order valence-electron chi connectivity index (χ0n) is 17.1. The molecule has 7 nitrogen and oxygen atoms in total. The number of hydrogen-bond donors (Lipinski definition) is 2. The Balaban J connectivity index is 1.62. The topological polar surface area (TPSA) is 70.9 Å². The van der Waals surface area contributed by atoms with Crippen LogP contribution in [-0.4, -0.2) is 51.3 Å². The Morgan fingerprint density at radius 3 is 2.83 bits per heavy atom. The molecule has 0 atom stereocenters. The van der Waals surface area contributed by atoms with Gasteiger partial charge in [0.2, 0.25) is 5.95 Å². The fraction of sp³-hybridized carbons (Fsp3) is 0.450. The van der Waals surface area contributed by atoms with Crippen LogP contribution in [0.2, 0.25) is 5.02 Å². The molecular formula is C20H24ClF2N7. The molecule has 2 N–H and O–H groups in total. The van der Waals surface area contributed by atoms with E-state index in [0.29, 0.717) is 22.4 Å². The molecule has 1 fully saturated rings. The van der Waals surface area contributed by atoms with Crippen molar-refractivity contribution in [2.24, 2.45) is 0 Å². The summed E-state index contributed by atoms with van der Waals surface area (Å²) in [6.07, 6.45) is 0.731. The number of anilines is 3. The molecule has 160 valence electrons. The van der Waals surface area contributed by atoms with Crippen LogP contribution in [0.4, 0.5) is 26.1 Å². The van der Waals surface area contributed by atoms with E-state index in [-0.39, 0.29) is 5.54 Å². The zero-order chi connectivity index (χ0) is 21.5. The lowest BCUT2D eigenvalue weighted by Gasteiger charge is -2.40. The predicted molar refractivity (Wildman–Crippen MR) is 115 cm³/mol. The fourth-order valence-electron chi connectivity index (χ4n) is 3.69. The Kier molecular flexibility index (Phi) is 5.50. The average Bonchev–Trinajstić information content (AvgIpc) is 3.00. The molecule has 1 saturated heterocycles. The summed E-state index contributed by atoms with van der Waals surface area (Å²) in [6.45, 7) is 8.16. The third kappa shape index (κ3) is 4.32. The van der Waals surface area contributed by atoms with Crippen LogP contribution in [0, 0.1) is 6.92 Å². The lowest BCUT2D eigenvalue weighted by molar-refractivity contribution is 0.121. The van der Waals surface area contributed by atoms with E-state index in [1.807, 2.05) is 12.1 Å². The minimum Gasteiger partial charge on any atom is -0.367 e. The van der Waals surface area contributed by atoms with E-state index in [0.717, 1.165) is 36.2 Å². The minimum absolute atomic E-state index is 0.00909. The standard InChI is InChI=1S/C20H24ClF2N7/c1-12-16(9-26-30(12)10-18(22)23)28-19-24-8-13-6-14(21)17(7-15(13)27-19)29-5-4-25-20(2,3)11-29/h6-9,18,25H,4-5,10-11H2,1-3H3,(H,24,27,28). The maximum absolute atomic E-state index is 12.7. The van der Waals surface area contributed by atoms with Crippen LogP contribution >= 0.6 is 11.6 Å². The van der Waals surface area contributed by atoms with Gasteiger partial charge in [-0.25, -0.2) is 18.7 Å². The van der Waals surface area contributed by atoms with Crippen molar-refractivity contribution < 1.29 is 8.78 Å². The van der Waals surface area contributed by atoms with E-state index in [9.17, 15) is 8.78 Å². The smallest absolute Gasteiger partial charge is 0.257 e. The van der Waals surface area contributed by atoms with Gasteiger partial charge in [0.05, 0.1) is 33.8 Å². The van der Waals surface area contributed by atoms with Crippen LogP contribution in [0.15, 0.2) is 24.5 Å². The second-order valence-corrected chi connectivity index (χ2v) is 8.54. The average molecular weight is 436 g/mol. The summed E-state index contributed by atoms with van der Waals surface area (Å²) >= 11 is 6.56. The molecular weight excluding hydrogens is 412 g/mol. The molecule has 1 aliphatic heterocycles. The summed E-state index contributed by atoms with van der Waals surface area (Å²) in [5.74, 6) is 0.371. The number of nitrogens with zero attached hydrogens (tertiary/aromatic N) is 5. The van der Waals surface area contributed by atoms with Gasteiger partial charge >= 0.3 is 0 Å². The molecule has 0 aliphatic carbocycles. The Bertz CT molecular complexity index is 1070. The number of rotatable bonds is 5. The number of nitrogens with one attached hydrogen (secondary N) is 2. The van der Waals surface area contributed by atoms with Crippen molar-refractivity contribution in [2.45, 2.75) is 39.3 Å². The number of hydrogen-bond acceptors (Lipinski definition) is 6. The van der Waals surface area contributed by atoms with Gasteiger partial charge in [0.1, 0.15) is 6.54 Å². The monoisotopic (exact) mass is 435 g/mol. The molecule has 3 aromatic rings. The van der Waals surface area contributed by atoms with Crippen LogP contribution in [0.5, 0.6) is 0 Å². The number of aromatic nitrogens is 4. The van der Waals surface area contributed by atoms with Gasteiger partial charge in [-0.3, -0.25) is 4.68 Å². The van der Waals surface area contributed by atoms with Crippen molar-refractivity contribution in [1.82, 2.24) is 25.1 Å². The van der Waals surface area contributed by atoms with E-state index in [1.54, 1.807) is 13.1 Å². The highest BCUT2D eigenvalue weighted by molar-refractivity contribution is 6.34. The van der Waals surface area contributed by atoms with Gasteiger partial charge in [-0.1, -0.05) is 11.6 Å². The van der Waals surface area contributed by atoms with Crippen LogP contribution in [0.25, 0.3) is 10.9 Å². The highest BCUT2D eigenvalue weighted by Gasteiger charge is 2.27. The number of piperazine rings is 1. The van der Waals surface area contributed by atoms with Gasteiger partial charge in [0.15, 0.2) is 0 Å². The normalized spacial score (nSPS) is 16.4. The first-order valence-corrected chi connectivity index (χ1v) is 10.1. The number of alkyl halides is 2. The van der Waals surface area contributed by atoms with Crippen LogP contribution in [0.1, 0.15) is 19.5 Å². The quantitative estimate of drug-likeness (QED) is 0.631. The summed E-state index contributed by atoms with van der Waals surface area (Å²) in [5.41, 5.74) is 2.86. The van der Waals surface area contributed by atoms with Crippen molar-refractivity contribution in [3.63, 3.8) is 0 Å². The third-order valence-electron chi connectivity index (χ3n) is 5.22. The van der Waals surface area contributed by atoms with Crippen molar-refractivity contribution in [3.05, 3.63) is 35.2 Å². The molecule has 0 radical (unpaired) electrons. The minimum atomic E-state index is -2.47. The van der Waals surface area contributed by atoms with Gasteiger partial charge in [-0.15, -0.1) is 0 Å². The highest BCUT2D eigenvalue weighted by atomic mass is 35.5. The van der Waals surface area contributed by atoms with E-state index in [1.165, 1.54) is 10.9 Å². The lowest BCUT2D eigenvalue weighted by Crippen LogP contribution is -2.57. The predicted octanol–water partition coefficient (Wildman–Crippen LogP) is 3.99. The van der Waals surface area contributed by atoms with E-state index in [2.05, 4.69) is 44.4 Å². The number of halogens is 3. The summed E-state index contributed by atoms with van der Waals surface area (Å²) in [4.78, 5) is 11.2. The van der Waals surface area contributed by atoms with Gasteiger partial charge in [0.25, 0.3) is 6.43 Å². The summed E-state index contributed by atoms with van der Waals surface area (Å²) in [7, 11) is 0. The Hall–Kier alpha value is -2.52. The fourth-order valence-corrected chi connectivity index (χ4v) is 3.99. The zero-order valence-corrected chi connectivity index (χ0v) is 17.8. The Morgan fingerprint density at radius 2 is 2.10 bits per heavy atom. The molecule has 0 bridgehead atoms. The van der Waals surface area contributed by atoms with Crippen LogP contribution in [-0.2, 0) is 6.54 Å². The first kappa shape index (κ1) is 20.7.